The standard InChI is InChI=1S/C18H23N3O5/c22-9-14-15(23)16(24)17(25)18(26-14)21-5-1-10-7-12-13(20-4-3-19-12)8-11(10)2-6-21/h3-4,7-8,14-18,22-25H,1-2,5-6,9H2/t14?,15-,16?,17-,18+/m0/s1. The maximum Gasteiger partial charge on any atom is 0.140 e. The number of hydrogen-bond donors (Lipinski definition) is 4. The molecule has 3 heterocycles. The summed E-state index contributed by atoms with van der Waals surface area (Å²) in [6.07, 6.45) is -0.752. The van der Waals surface area contributed by atoms with E-state index in [4.69, 9.17) is 4.74 Å². The second kappa shape index (κ2) is 7.15. The molecule has 0 radical (unpaired) electrons. The number of rotatable bonds is 2. The average Bonchev–Trinajstić information content (AvgIpc) is 2.87. The maximum atomic E-state index is 10.4. The number of aromatic nitrogens is 2. The molecule has 0 aliphatic carbocycles. The van der Waals surface area contributed by atoms with Crippen LogP contribution in [0.25, 0.3) is 11.0 Å². The van der Waals surface area contributed by atoms with Crippen LogP contribution in [-0.2, 0) is 17.6 Å². The van der Waals surface area contributed by atoms with E-state index in [0.717, 1.165) is 23.9 Å². The fourth-order valence-electron chi connectivity index (χ4n) is 3.84. The van der Waals surface area contributed by atoms with E-state index in [1.54, 1.807) is 12.4 Å². The monoisotopic (exact) mass is 361 g/mol. The van der Waals surface area contributed by atoms with Crippen molar-refractivity contribution in [2.45, 2.75) is 43.5 Å². The minimum atomic E-state index is -1.35. The normalized spacial score (nSPS) is 33.0. The van der Waals surface area contributed by atoms with Crippen LogP contribution in [0.4, 0.5) is 0 Å². The predicted molar refractivity (Wildman–Crippen MR) is 92.3 cm³/mol. The van der Waals surface area contributed by atoms with Gasteiger partial charge >= 0.3 is 0 Å². The molecule has 2 aliphatic heterocycles. The van der Waals surface area contributed by atoms with Crippen LogP contribution >= 0.6 is 0 Å². The van der Waals surface area contributed by atoms with Crippen molar-refractivity contribution in [2.75, 3.05) is 19.7 Å². The molecule has 5 atom stereocenters. The number of benzene rings is 1. The maximum absolute atomic E-state index is 10.4. The number of ether oxygens (including phenoxy) is 1. The minimum Gasteiger partial charge on any atom is -0.394 e. The van der Waals surface area contributed by atoms with Crippen LogP contribution in [0, 0.1) is 0 Å². The Labute approximate surface area is 150 Å². The third-order valence-electron chi connectivity index (χ3n) is 5.35. The van der Waals surface area contributed by atoms with Crippen LogP contribution in [0.15, 0.2) is 24.5 Å². The largest absolute Gasteiger partial charge is 0.394 e. The number of hydrogen-bond acceptors (Lipinski definition) is 8. The van der Waals surface area contributed by atoms with Crippen molar-refractivity contribution in [1.29, 1.82) is 0 Å². The Kier molecular flexibility index (Phi) is 4.87. The molecule has 0 saturated carbocycles. The van der Waals surface area contributed by atoms with Crippen LogP contribution in [0.2, 0.25) is 0 Å². The molecule has 8 heteroatoms. The minimum absolute atomic E-state index is 0.418. The Balaban J connectivity index is 1.55. The zero-order valence-corrected chi connectivity index (χ0v) is 14.3. The van der Waals surface area contributed by atoms with Crippen LogP contribution in [0.5, 0.6) is 0 Å². The van der Waals surface area contributed by atoms with Gasteiger partial charge in [0.25, 0.3) is 0 Å². The van der Waals surface area contributed by atoms with Crippen molar-refractivity contribution in [1.82, 2.24) is 14.9 Å². The van der Waals surface area contributed by atoms with Gasteiger partial charge < -0.3 is 25.2 Å². The molecule has 1 fully saturated rings. The summed E-state index contributed by atoms with van der Waals surface area (Å²) in [5.74, 6) is 0. The lowest BCUT2D eigenvalue weighted by Crippen LogP contribution is -2.63. The summed E-state index contributed by atoms with van der Waals surface area (Å²) >= 11 is 0. The van der Waals surface area contributed by atoms with Crippen molar-refractivity contribution in [3.05, 3.63) is 35.7 Å². The van der Waals surface area contributed by atoms with E-state index >= 15 is 0 Å². The molecule has 0 amide bonds. The number of aliphatic hydroxyl groups is 4. The van der Waals surface area contributed by atoms with Crippen molar-refractivity contribution in [3.8, 4) is 0 Å². The molecule has 140 valence electrons. The molecule has 1 saturated heterocycles. The smallest absolute Gasteiger partial charge is 0.140 e. The molecule has 1 aromatic carbocycles. The van der Waals surface area contributed by atoms with Gasteiger partial charge in [-0.25, -0.2) is 0 Å². The summed E-state index contributed by atoms with van der Waals surface area (Å²) < 4.78 is 5.69. The lowest BCUT2D eigenvalue weighted by atomic mass is 9.97. The molecule has 2 unspecified atom stereocenters. The third-order valence-corrected chi connectivity index (χ3v) is 5.35. The van der Waals surface area contributed by atoms with Gasteiger partial charge in [0.15, 0.2) is 0 Å². The Hall–Kier alpha value is -1.68. The zero-order valence-electron chi connectivity index (χ0n) is 14.3. The van der Waals surface area contributed by atoms with Crippen LogP contribution in [0.1, 0.15) is 11.1 Å². The predicted octanol–water partition coefficient (Wildman–Crippen LogP) is -1.17. The summed E-state index contributed by atoms with van der Waals surface area (Å²) in [5.41, 5.74) is 4.08. The highest BCUT2D eigenvalue weighted by Crippen LogP contribution is 2.27. The molecule has 26 heavy (non-hydrogen) atoms. The Morgan fingerprint density at radius 1 is 0.923 bits per heavy atom. The first-order valence-electron chi connectivity index (χ1n) is 8.85. The molecule has 4 N–H and O–H groups in total. The first-order valence-corrected chi connectivity index (χ1v) is 8.85. The average molecular weight is 361 g/mol. The zero-order chi connectivity index (χ0) is 18.3. The fourth-order valence-corrected chi connectivity index (χ4v) is 3.84. The quantitative estimate of drug-likeness (QED) is 0.528. The van der Waals surface area contributed by atoms with Gasteiger partial charge in [-0.2, -0.15) is 0 Å². The summed E-state index contributed by atoms with van der Waals surface area (Å²) in [6, 6.07) is 4.10. The van der Waals surface area contributed by atoms with Crippen molar-refractivity contribution in [2.24, 2.45) is 0 Å². The van der Waals surface area contributed by atoms with Gasteiger partial charge in [0.2, 0.25) is 0 Å². The van der Waals surface area contributed by atoms with Crippen LogP contribution < -0.4 is 0 Å². The van der Waals surface area contributed by atoms with Gasteiger partial charge in [-0.1, -0.05) is 0 Å². The lowest BCUT2D eigenvalue weighted by Gasteiger charge is -2.44. The first kappa shape index (κ1) is 17.7. The summed E-state index contributed by atoms with van der Waals surface area (Å²) in [7, 11) is 0. The summed E-state index contributed by atoms with van der Waals surface area (Å²) in [4.78, 5) is 10.7. The highest BCUT2D eigenvalue weighted by molar-refractivity contribution is 5.76. The van der Waals surface area contributed by atoms with Gasteiger partial charge in [-0.15, -0.1) is 0 Å². The molecule has 1 aromatic heterocycles. The Morgan fingerprint density at radius 2 is 1.50 bits per heavy atom. The topological polar surface area (TPSA) is 119 Å². The van der Waals surface area contributed by atoms with E-state index in [1.807, 2.05) is 4.90 Å². The van der Waals surface area contributed by atoms with Gasteiger partial charge in [-0.3, -0.25) is 14.9 Å². The van der Waals surface area contributed by atoms with Gasteiger partial charge in [0, 0.05) is 25.5 Å². The van der Waals surface area contributed by atoms with E-state index in [-0.39, 0.29) is 0 Å². The van der Waals surface area contributed by atoms with Crippen LogP contribution in [0.3, 0.4) is 0 Å². The molecule has 2 aromatic rings. The van der Waals surface area contributed by atoms with Crippen molar-refractivity contribution < 1.29 is 25.2 Å². The van der Waals surface area contributed by atoms with E-state index in [2.05, 4.69) is 22.1 Å². The highest BCUT2D eigenvalue weighted by Gasteiger charge is 2.45. The molecule has 4 rings (SSSR count). The number of fused-ring (bicyclic) bond motifs is 2. The summed E-state index contributed by atoms with van der Waals surface area (Å²) in [6.45, 7) is 0.834. The van der Waals surface area contributed by atoms with E-state index in [0.29, 0.717) is 13.1 Å². The fraction of sp³-hybridized carbons (Fsp3) is 0.556. The first-order chi connectivity index (χ1) is 12.6. The third kappa shape index (κ3) is 3.09. The van der Waals surface area contributed by atoms with Gasteiger partial charge in [0.05, 0.1) is 17.6 Å². The lowest BCUT2D eigenvalue weighted by molar-refractivity contribution is -0.264. The van der Waals surface area contributed by atoms with Crippen LogP contribution in [-0.4, -0.2) is 85.6 Å². The second-order valence-electron chi connectivity index (χ2n) is 6.92. The van der Waals surface area contributed by atoms with E-state index in [1.165, 1.54) is 11.1 Å². The molecule has 0 bridgehead atoms. The van der Waals surface area contributed by atoms with Crippen molar-refractivity contribution in [3.63, 3.8) is 0 Å². The summed E-state index contributed by atoms with van der Waals surface area (Å²) in [5, 5.41) is 39.7. The van der Waals surface area contributed by atoms with Crippen molar-refractivity contribution >= 4 is 11.0 Å². The second-order valence-corrected chi connectivity index (χ2v) is 6.92. The van der Waals surface area contributed by atoms with Gasteiger partial charge in [0.1, 0.15) is 30.6 Å². The highest BCUT2D eigenvalue weighted by atomic mass is 16.6. The molecule has 0 spiro atoms. The molecule has 2 aliphatic rings. The Morgan fingerprint density at radius 3 is 2.04 bits per heavy atom. The van der Waals surface area contributed by atoms with E-state index in [9.17, 15) is 20.4 Å². The number of nitrogens with zero attached hydrogens (tertiary/aromatic N) is 3. The molecular formula is C18H23N3O5. The van der Waals surface area contributed by atoms with E-state index < -0.39 is 37.3 Å². The SMILES string of the molecule is OCC1O[C@@H](N2CCc3cc4nccnc4cc3CC2)[C@@H](O)C(O)[C@H]1O. The number of aliphatic hydroxyl groups excluding tert-OH is 4. The molecule has 8 nitrogen and oxygen atoms in total. The molecular weight excluding hydrogens is 338 g/mol. The van der Waals surface area contributed by atoms with Gasteiger partial charge in [-0.05, 0) is 36.1 Å². The Bertz CT molecular complexity index is 740.